The van der Waals surface area contributed by atoms with Gasteiger partial charge in [-0.05, 0) is 61.8 Å². The maximum Gasteiger partial charge on any atom is 0.310 e. The van der Waals surface area contributed by atoms with E-state index < -0.39 is 18.0 Å². The quantitative estimate of drug-likeness (QED) is 0.353. The van der Waals surface area contributed by atoms with Gasteiger partial charge >= 0.3 is 5.97 Å². The minimum absolute atomic E-state index is 0.0468. The summed E-state index contributed by atoms with van der Waals surface area (Å²) in [5.74, 6) is 0.142. The number of aliphatic carboxylic acids is 1. The number of carbonyl (C=O) groups is 2. The van der Waals surface area contributed by atoms with Gasteiger partial charge in [-0.15, -0.1) is 0 Å². The zero-order valence-corrected chi connectivity index (χ0v) is 19.4. The molecular formula is C27H40O5. The maximum absolute atomic E-state index is 12.5. The number of hydrogen-bond acceptors (Lipinski definition) is 4. The third-order valence-corrected chi connectivity index (χ3v) is 7.84. The summed E-state index contributed by atoms with van der Waals surface area (Å²) < 4.78 is 0. The molecule has 0 bridgehead atoms. The number of benzene rings is 1. The number of rotatable bonds is 14. The second-order valence-electron chi connectivity index (χ2n) is 10.1. The number of carbonyl (C=O) groups excluding carboxylic acids is 1. The molecule has 0 radical (unpaired) electrons. The molecule has 0 spiro atoms. The van der Waals surface area contributed by atoms with Crippen LogP contribution in [0.4, 0.5) is 0 Å². The lowest BCUT2D eigenvalue weighted by Gasteiger charge is -2.22. The molecule has 0 amide bonds. The van der Waals surface area contributed by atoms with Gasteiger partial charge in [0, 0.05) is 12.3 Å². The van der Waals surface area contributed by atoms with E-state index in [1.54, 1.807) is 0 Å². The molecule has 3 N–H and O–H groups in total. The Balaban J connectivity index is 1.39. The van der Waals surface area contributed by atoms with Crippen LogP contribution in [0.1, 0.15) is 89.0 Å². The van der Waals surface area contributed by atoms with Crippen LogP contribution in [0.15, 0.2) is 30.3 Å². The molecule has 3 rings (SSSR count). The zero-order chi connectivity index (χ0) is 23.1. The number of unbranched alkanes of at least 4 members (excludes halogenated alkanes) is 2. The van der Waals surface area contributed by atoms with Gasteiger partial charge < -0.3 is 15.3 Å². The molecule has 4 unspecified atom stereocenters. The Morgan fingerprint density at radius 2 is 1.81 bits per heavy atom. The number of ketones is 1. The molecule has 0 aromatic heterocycles. The van der Waals surface area contributed by atoms with Gasteiger partial charge in [-0.25, -0.2) is 0 Å². The lowest BCUT2D eigenvalue weighted by Crippen LogP contribution is -2.23. The van der Waals surface area contributed by atoms with E-state index in [1.807, 2.05) is 30.3 Å². The van der Waals surface area contributed by atoms with Crippen molar-refractivity contribution in [1.82, 2.24) is 0 Å². The molecule has 5 nitrogen and oxygen atoms in total. The monoisotopic (exact) mass is 444 g/mol. The highest BCUT2D eigenvalue weighted by Crippen LogP contribution is 2.45. The molecule has 0 saturated heterocycles. The van der Waals surface area contributed by atoms with Crippen LogP contribution in [0.2, 0.25) is 0 Å². The Labute approximate surface area is 192 Å². The number of aliphatic hydroxyl groups excluding tert-OH is 2. The summed E-state index contributed by atoms with van der Waals surface area (Å²) in [6, 6.07) is 9.35. The predicted octanol–water partition coefficient (Wildman–Crippen LogP) is 4.95. The average molecular weight is 445 g/mol. The van der Waals surface area contributed by atoms with E-state index >= 15 is 0 Å². The molecule has 178 valence electrons. The number of Topliss-reactive ketones (excluding diaryl/α,β-unsaturated/α-hetero) is 1. The molecule has 0 heterocycles. The Morgan fingerprint density at radius 3 is 2.47 bits per heavy atom. The lowest BCUT2D eigenvalue weighted by atomic mass is 9.84. The van der Waals surface area contributed by atoms with Gasteiger partial charge in [0.2, 0.25) is 0 Å². The van der Waals surface area contributed by atoms with E-state index in [0.717, 1.165) is 43.6 Å². The molecular weight excluding hydrogens is 404 g/mol. The van der Waals surface area contributed by atoms with Crippen molar-refractivity contribution in [2.24, 2.45) is 23.7 Å². The van der Waals surface area contributed by atoms with Gasteiger partial charge in [0.1, 0.15) is 5.78 Å². The summed E-state index contributed by atoms with van der Waals surface area (Å²) in [6.45, 7) is 2.20. The number of carboxylic acids is 1. The van der Waals surface area contributed by atoms with Gasteiger partial charge in [-0.3, -0.25) is 9.59 Å². The van der Waals surface area contributed by atoms with Crippen molar-refractivity contribution in [3.63, 3.8) is 0 Å². The van der Waals surface area contributed by atoms with Crippen LogP contribution in [0, 0.1) is 23.7 Å². The highest BCUT2D eigenvalue weighted by molar-refractivity contribution is 5.84. The first-order chi connectivity index (χ1) is 15.4. The van der Waals surface area contributed by atoms with Crippen LogP contribution in [-0.4, -0.2) is 39.3 Å². The Hall–Kier alpha value is -1.72. The second-order valence-corrected chi connectivity index (χ2v) is 10.1. The lowest BCUT2D eigenvalue weighted by molar-refractivity contribution is -0.139. The minimum atomic E-state index is -0.791. The molecule has 1 aromatic rings. The number of carboxylic acid groups (broad SMARTS) is 1. The smallest absolute Gasteiger partial charge is 0.310 e. The van der Waals surface area contributed by atoms with E-state index in [0.29, 0.717) is 25.2 Å². The molecule has 2 aliphatic rings. The van der Waals surface area contributed by atoms with Crippen LogP contribution >= 0.6 is 0 Å². The third-order valence-electron chi connectivity index (χ3n) is 7.84. The summed E-state index contributed by atoms with van der Waals surface area (Å²) in [6.07, 6.45) is 7.86. The Bertz CT molecular complexity index is 733. The first-order valence-corrected chi connectivity index (χ1v) is 12.6. The summed E-state index contributed by atoms with van der Waals surface area (Å²) in [7, 11) is 0. The van der Waals surface area contributed by atoms with Crippen LogP contribution in [0.25, 0.3) is 0 Å². The molecule has 7 atom stereocenters. The van der Waals surface area contributed by atoms with Crippen LogP contribution in [-0.2, 0) is 9.59 Å². The highest BCUT2D eigenvalue weighted by Gasteiger charge is 2.41. The largest absolute Gasteiger partial charge is 0.481 e. The minimum Gasteiger partial charge on any atom is -0.481 e. The van der Waals surface area contributed by atoms with E-state index in [2.05, 4.69) is 6.92 Å². The fourth-order valence-corrected chi connectivity index (χ4v) is 5.74. The Kier molecular flexibility index (Phi) is 9.30. The van der Waals surface area contributed by atoms with E-state index in [4.69, 9.17) is 0 Å². The van der Waals surface area contributed by atoms with Gasteiger partial charge in [-0.2, -0.15) is 0 Å². The molecule has 0 aliphatic heterocycles. The summed E-state index contributed by atoms with van der Waals surface area (Å²) in [5, 5.41) is 30.4. The summed E-state index contributed by atoms with van der Waals surface area (Å²) >= 11 is 0. The van der Waals surface area contributed by atoms with Crippen LogP contribution in [0.5, 0.6) is 0 Å². The summed E-state index contributed by atoms with van der Waals surface area (Å²) in [4.78, 5) is 24.1. The van der Waals surface area contributed by atoms with Crippen LogP contribution < -0.4 is 0 Å². The zero-order valence-electron chi connectivity index (χ0n) is 19.4. The van der Waals surface area contributed by atoms with Crippen LogP contribution in [0.3, 0.4) is 0 Å². The van der Waals surface area contributed by atoms with Crippen molar-refractivity contribution in [2.75, 3.05) is 0 Å². The van der Waals surface area contributed by atoms with Gasteiger partial charge in [0.05, 0.1) is 18.1 Å². The number of hydrogen-bond donors (Lipinski definition) is 3. The van der Waals surface area contributed by atoms with Gasteiger partial charge in [0.15, 0.2) is 0 Å². The van der Waals surface area contributed by atoms with E-state index in [1.165, 1.54) is 12.8 Å². The topological polar surface area (TPSA) is 94.8 Å². The predicted molar refractivity (Wildman–Crippen MR) is 124 cm³/mol. The number of aliphatic hydroxyl groups is 2. The normalized spacial score (nSPS) is 29.1. The molecule has 5 heteroatoms. The van der Waals surface area contributed by atoms with E-state index in [-0.39, 0.29) is 30.1 Å². The third kappa shape index (κ3) is 6.89. The van der Waals surface area contributed by atoms with Crippen molar-refractivity contribution in [1.29, 1.82) is 0 Å². The first kappa shape index (κ1) is 24.9. The maximum atomic E-state index is 12.5. The van der Waals surface area contributed by atoms with Crippen molar-refractivity contribution in [2.45, 2.75) is 95.7 Å². The second kappa shape index (κ2) is 11.9. The van der Waals surface area contributed by atoms with Crippen molar-refractivity contribution < 1.29 is 24.9 Å². The van der Waals surface area contributed by atoms with Crippen molar-refractivity contribution in [3.8, 4) is 0 Å². The Morgan fingerprint density at radius 1 is 1.06 bits per heavy atom. The standard InChI is InChI=1S/C27H40O5/c1-2-18-15-20(18)16-21(28)13-14-24-23(25(29)17-26(24)30)12-8-4-7-11-22(27(31)32)19-9-5-3-6-10-19/h3,5-6,9-10,18,20-24,26,28,30H,2,4,7-8,11-17H2,1H3,(H,31,32)/t18?,20?,21?,22?,23-,24-,26-/m1/s1. The van der Waals surface area contributed by atoms with Crippen molar-refractivity contribution >= 4 is 11.8 Å². The molecule has 1 aromatic carbocycles. The summed E-state index contributed by atoms with van der Waals surface area (Å²) in [5.41, 5.74) is 0.837. The SMILES string of the molecule is CCC1CC1CC(O)CC[C@H]1[C@H](O)CC(=O)[C@@H]1CCCCCC(C(=O)O)c1ccccc1. The molecule has 2 saturated carbocycles. The fourth-order valence-electron chi connectivity index (χ4n) is 5.74. The van der Waals surface area contributed by atoms with Gasteiger partial charge in [0.25, 0.3) is 0 Å². The highest BCUT2D eigenvalue weighted by atomic mass is 16.4. The molecule has 2 aliphatic carbocycles. The van der Waals surface area contributed by atoms with Crippen molar-refractivity contribution in [3.05, 3.63) is 35.9 Å². The molecule has 2 fully saturated rings. The van der Waals surface area contributed by atoms with Gasteiger partial charge in [-0.1, -0.05) is 62.9 Å². The fraction of sp³-hybridized carbons (Fsp3) is 0.704. The average Bonchev–Trinajstić information content (AvgIpc) is 3.46. The molecule has 32 heavy (non-hydrogen) atoms. The van der Waals surface area contributed by atoms with E-state index in [9.17, 15) is 24.9 Å². The first-order valence-electron chi connectivity index (χ1n) is 12.6.